The number of nitrogens with one attached hydrogen (secondary N) is 1. The standard InChI is InChI=1S/C33H50F3N3O6/c1-22-19-39(23(2)21-40)32(43)27-18-26(37-30(41)15-16-33(34,35)36)13-14-28(27)45-24(3)10-8-9-17-44-29(22)20-38(4)31(42)25-11-6-5-7-12-25/h13-14,18,22-25,29,40H,5-12,15-17,19-21H2,1-4H3,(H,37,41)/t22-,23+,24+,29+/m1/s1. The zero-order chi connectivity index (χ0) is 33.1. The van der Waals surface area contributed by atoms with Crippen LogP contribution >= 0.6 is 0 Å². The summed E-state index contributed by atoms with van der Waals surface area (Å²) in [6.07, 6.45) is 0.238. The highest BCUT2D eigenvalue weighted by Crippen LogP contribution is 2.30. The zero-order valence-electron chi connectivity index (χ0n) is 27.0. The summed E-state index contributed by atoms with van der Waals surface area (Å²) in [4.78, 5) is 43.0. The lowest BCUT2D eigenvalue weighted by Gasteiger charge is -2.36. The second-order valence-electron chi connectivity index (χ2n) is 12.7. The number of aliphatic hydroxyl groups is 1. The van der Waals surface area contributed by atoms with Gasteiger partial charge in [0, 0.05) is 50.7 Å². The predicted octanol–water partition coefficient (Wildman–Crippen LogP) is 5.80. The second-order valence-corrected chi connectivity index (χ2v) is 12.7. The summed E-state index contributed by atoms with van der Waals surface area (Å²) in [6.45, 7) is 6.31. The number of halogens is 3. The first-order chi connectivity index (χ1) is 21.3. The summed E-state index contributed by atoms with van der Waals surface area (Å²) in [5, 5.41) is 12.6. The number of nitrogens with zero attached hydrogens (tertiary/aromatic N) is 2. The summed E-state index contributed by atoms with van der Waals surface area (Å²) in [5.74, 6) is -1.08. The number of likely N-dealkylation sites (N-methyl/N-ethyl adjacent to an activating group) is 1. The molecule has 0 aromatic heterocycles. The van der Waals surface area contributed by atoms with Gasteiger partial charge in [0.25, 0.3) is 5.91 Å². The molecule has 0 radical (unpaired) electrons. The molecular weight excluding hydrogens is 591 g/mol. The van der Waals surface area contributed by atoms with E-state index in [4.69, 9.17) is 9.47 Å². The minimum atomic E-state index is -4.47. The third-order valence-electron chi connectivity index (χ3n) is 8.76. The summed E-state index contributed by atoms with van der Waals surface area (Å²) in [6, 6.07) is 3.86. The predicted molar refractivity (Wildman–Crippen MR) is 165 cm³/mol. The van der Waals surface area contributed by atoms with Crippen molar-refractivity contribution in [3.8, 4) is 5.75 Å². The minimum Gasteiger partial charge on any atom is -0.490 e. The molecule has 2 N–H and O–H groups in total. The number of fused-ring (bicyclic) bond motifs is 1. The van der Waals surface area contributed by atoms with Gasteiger partial charge in [-0.15, -0.1) is 0 Å². The Labute approximate surface area is 264 Å². The van der Waals surface area contributed by atoms with Crippen LogP contribution in [0.2, 0.25) is 0 Å². The molecule has 1 aliphatic heterocycles. The van der Waals surface area contributed by atoms with Gasteiger partial charge in [-0.05, 0) is 64.2 Å². The molecule has 1 heterocycles. The first-order valence-electron chi connectivity index (χ1n) is 16.2. The Bertz CT molecular complexity index is 1130. The number of hydrogen-bond acceptors (Lipinski definition) is 6. The highest BCUT2D eigenvalue weighted by molar-refractivity contribution is 5.99. The van der Waals surface area contributed by atoms with Gasteiger partial charge in [-0.25, -0.2) is 0 Å². The van der Waals surface area contributed by atoms with Crippen molar-refractivity contribution < 1.29 is 42.1 Å². The average molecular weight is 642 g/mol. The summed E-state index contributed by atoms with van der Waals surface area (Å²) in [5.41, 5.74) is 0.294. The molecule has 1 aromatic carbocycles. The topological polar surface area (TPSA) is 108 Å². The Kier molecular flexibility index (Phi) is 14.0. The molecule has 1 aliphatic carbocycles. The largest absolute Gasteiger partial charge is 0.490 e. The van der Waals surface area contributed by atoms with Crippen LogP contribution in [0.15, 0.2) is 18.2 Å². The van der Waals surface area contributed by atoms with Crippen molar-refractivity contribution in [1.82, 2.24) is 9.80 Å². The monoisotopic (exact) mass is 641 g/mol. The number of amides is 3. The van der Waals surface area contributed by atoms with Crippen molar-refractivity contribution >= 4 is 23.4 Å². The molecule has 4 atom stereocenters. The van der Waals surface area contributed by atoms with Crippen LogP contribution < -0.4 is 10.1 Å². The maximum Gasteiger partial charge on any atom is 0.389 e. The van der Waals surface area contributed by atoms with Crippen LogP contribution in [0.1, 0.15) is 95.3 Å². The van der Waals surface area contributed by atoms with E-state index in [1.807, 2.05) is 13.8 Å². The lowest BCUT2D eigenvalue weighted by molar-refractivity contribution is -0.142. The van der Waals surface area contributed by atoms with Gasteiger partial charge in [-0.3, -0.25) is 14.4 Å². The summed E-state index contributed by atoms with van der Waals surface area (Å²) < 4.78 is 50.5. The van der Waals surface area contributed by atoms with Gasteiger partial charge in [0.15, 0.2) is 0 Å². The molecule has 1 aromatic rings. The maximum absolute atomic E-state index is 14.2. The van der Waals surface area contributed by atoms with Crippen LogP contribution in [0, 0.1) is 11.8 Å². The van der Waals surface area contributed by atoms with E-state index in [1.165, 1.54) is 23.1 Å². The lowest BCUT2D eigenvalue weighted by Crippen LogP contribution is -2.48. The van der Waals surface area contributed by atoms with E-state index < -0.39 is 36.9 Å². The van der Waals surface area contributed by atoms with Gasteiger partial charge in [0.2, 0.25) is 11.8 Å². The first-order valence-corrected chi connectivity index (χ1v) is 16.2. The Morgan fingerprint density at radius 3 is 2.47 bits per heavy atom. The molecule has 254 valence electrons. The van der Waals surface area contributed by atoms with E-state index in [9.17, 15) is 32.7 Å². The number of rotatable bonds is 8. The fourth-order valence-corrected chi connectivity index (χ4v) is 5.96. The van der Waals surface area contributed by atoms with Crippen LogP contribution in [0.3, 0.4) is 0 Å². The molecule has 0 unspecified atom stereocenters. The number of carbonyl (C=O) groups excluding carboxylic acids is 3. The molecule has 0 spiro atoms. The number of aliphatic hydroxyl groups excluding tert-OH is 1. The fourth-order valence-electron chi connectivity index (χ4n) is 5.96. The van der Waals surface area contributed by atoms with E-state index in [1.54, 1.807) is 18.9 Å². The van der Waals surface area contributed by atoms with Crippen LogP contribution in [0.25, 0.3) is 0 Å². The molecular formula is C33H50F3N3O6. The quantitative estimate of drug-likeness (QED) is 0.372. The van der Waals surface area contributed by atoms with Crippen molar-refractivity contribution in [2.45, 2.75) is 109 Å². The molecule has 12 heteroatoms. The number of hydrogen-bond donors (Lipinski definition) is 2. The van der Waals surface area contributed by atoms with Crippen molar-refractivity contribution in [3.05, 3.63) is 23.8 Å². The second kappa shape index (κ2) is 17.2. The van der Waals surface area contributed by atoms with Crippen molar-refractivity contribution in [2.75, 3.05) is 38.7 Å². The van der Waals surface area contributed by atoms with E-state index in [2.05, 4.69) is 5.32 Å². The molecule has 9 nitrogen and oxygen atoms in total. The summed E-state index contributed by atoms with van der Waals surface area (Å²) in [7, 11) is 1.80. The van der Waals surface area contributed by atoms with Crippen molar-refractivity contribution in [3.63, 3.8) is 0 Å². The van der Waals surface area contributed by atoms with E-state index >= 15 is 0 Å². The smallest absolute Gasteiger partial charge is 0.389 e. The van der Waals surface area contributed by atoms with Crippen molar-refractivity contribution in [1.29, 1.82) is 0 Å². The molecule has 3 amide bonds. The average Bonchev–Trinajstić information content (AvgIpc) is 3.01. The third kappa shape index (κ3) is 11.5. The Hall–Kier alpha value is -2.86. The maximum atomic E-state index is 14.2. The molecule has 1 fully saturated rings. The number of ether oxygens (including phenoxy) is 2. The van der Waals surface area contributed by atoms with E-state index in [-0.39, 0.29) is 60.1 Å². The van der Waals surface area contributed by atoms with Gasteiger partial charge < -0.3 is 29.7 Å². The van der Waals surface area contributed by atoms with Gasteiger partial charge in [0.05, 0.1) is 36.8 Å². The lowest BCUT2D eigenvalue weighted by atomic mass is 9.88. The summed E-state index contributed by atoms with van der Waals surface area (Å²) >= 11 is 0. The molecule has 45 heavy (non-hydrogen) atoms. The number of carbonyl (C=O) groups is 3. The first kappa shape index (κ1) is 36.6. The minimum absolute atomic E-state index is 0.0196. The molecule has 0 bridgehead atoms. The number of alkyl halides is 3. The molecule has 0 saturated heterocycles. The highest BCUT2D eigenvalue weighted by atomic mass is 19.4. The molecule has 3 rings (SSSR count). The van der Waals surface area contributed by atoms with E-state index in [0.29, 0.717) is 19.6 Å². The number of benzene rings is 1. The highest BCUT2D eigenvalue weighted by Gasteiger charge is 2.33. The van der Waals surface area contributed by atoms with Crippen LogP contribution in [-0.4, -0.2) is 90.4 Å². The van der Waals surface area contributed by atoms with Crippen LogP contribution in [0.5, 0.6) is 5.75 Å². The Balaban J connectivity index is 1.88. The van der Waals surface area contributed by atoms with Crippen LogP contribution in [0.4, 0.5) is 18.9 Å². The van der Waals surface area contributed by atoms with E-state index in [0.717, 1.165) is 44.9 Å². The molecule has 2 aliphatic rings. The van der Waals surface area contributed by atoms with Gasteiger partial charge >= 0.3 is 6.18 Å². The Morgan fingerprint density at radius 2 is 1.80 bits per heavy atom. The SMILES string of the molecule is C[C@@H]1CN([C@@H](C)CO)C(=O)c2cc(NC(=O)CCC(F)(F)F)ccc2O[C@@H](C)CCCCO[C@H]1CN(C)C(=O)C1CCCCC1. The van der Waals surface area contributed by atoms with Crippen molar-refractivity contribution in [2.24, 2.45) is 11.8 Å². The Morgan fingerprint density at radius 1 is 1.11 bits per heavy atom. The third-order valence-corrected chi connectivity index (χ3v) is 8.76. The van der Waals surface area contributed by atoms with Gasteiger partial charge in [-0.1, -0.05) is 26.2 Å². The fraction of sp³-hybridized carbons (Fsp3) is 0.727. The normalized spacial score (nSPS) is 23.3. The number of anilines is 1. The van der Waals surface area contributed by atoms with Gasteiger partial charge in [0.1, 0.15) is 5.75 Å². The van der Waals surface area contributed by atoms with Gasteiger partial charge in [-0.2, -0.15) is 13.2 Å². The zero-order valence-corrected chi connectivity index (χ0v) is 27.0. The molecule has 1 saturated carbocycles. The van der Waals surface area contributed by atoms with Crippen LogP contribution in [-0.2, 0) is 14.3 Å².